The molecule has 176 valence electrons. The van der Waals surface area contributed by atoms with Crippen molar-refractivity contribution in [2.24, 2.45) is 0 Å². The highest BCUT2D eigenvalue weighted by molar-refractivity contribution is 5.87. The van der Waals surface area contributed by atoms with Crippen LogP contribution in [0.25, 0.3) is 16.8 Å². The molecule has 4 rings (SSSR count). The first-order valence-electron chi connectivity index (χ1n) is 10.4. The molecule has 0 saturated carbocycles. The molecule has 0 aliphatic heterocycles. The van der Waals surface area contributed by atoms with Crippen LogP contribution in [0.5, 0.6) is 0 Å². The van der Waals surface area contributed by atoms with E-state index in [1.165, 1.54) is 36.2 Å². The van der Waals surface area contributed by atoms with Gasteiger partial charge in [-0.1, -0.05) is 30.3 Å². The number of benzene rings is 1. The molecule has 34 heavy (non-hydrogen) atoms. The number of pyridine rings is 1. The van der Waals surface area contributed by atoms with Crippen molar-refractivity contribution in [3.63, 3.8) is 0 Å². The van der Waals surface area contributed by atoms with Crippen LogP contribution in [0.1, 0.15) is 23.7 Å². The highest BCUT2D eigenvalue weighted by atomic mass is 19.4. The number of aromatic nitrogens is 2. The summed E-state index contributed by atoms with van der Waals surface area (Å²) in [4.78, 5) is 28.4. The van der Waals surface area contributed by atoms with E-state index in [1.54, 1.807) is 6.07 Å². The van der Waals surface area contributed by atoms with Crippen molar-refractivity contribution < 1.29 is 27.2 Å². The Labute approximate surface area is 192 Å². The molecule has 3 heterocycles. The number of carbonyl (C=O) groups is 2. The minimum absolute atomic E-state index is 0.107. The second-order valence-electron chi connectivity index (χ2n) is 7.78. The summed E-state index contributed by atoms with van der Waals surface area (Å²) in [5.41, 5.74) is 0.732. The Bertz CT molecular complexity index is 1300. The van der Waals surface area contributed by atoms with Crippen LogP contribution in [-0.2, 0) is 28.7 Å². The van der Waals surface area contributed by atoms with Crippen LogP contribution in [0.2, 0.25) is 0 Å². The Kier molecular flexibility index (Phi) is 6.40. The number of nitrogens with one attached hydrogen (secondary N) is 2. The van der Waals surface area contributed by atoms with Crippen LogP contribution in [-0.4, -0.2) is 27.2 Å². The first-order chi connectivity index (χ1) is 16.2. The number of halogens is 3. The van der Waals surface area contributed by atoms with Gasteiger partial charge in [0.1, 0.15) is 11.7 Å². The van der Waals surface area contributed by atoms with E-state index in [2.05, 4.69) is 15.6 Å². The maximum Gasteiger partial charge on any atom is 0.420 e. The lowest BCUT2D eigenvalue weighted by Crippen LogP contribution is -2.47. The van der Waals surface area contributed by atoms with Crippen molar-refractivity contribution in [3.05, 3.63) is 84.2 Å². The number of hydrogen-bond acceptors (Lipinski definition) is 4. The van der Waals surface area contributed by atoms with Crippen LogP contribution >= 0.6 is 0 Å². The molecule has 0 spiro atoms. The quantitative estimate of drug-likeness (QED) is 0.428. The third-order valence-electron chi connectivity index (χ3n) is 5.18. The molecule has 0 aliphatic carbocycles. The lowest BCUT2D eigenvalue weighted by Gasteiger charge is -2.17. The zero-order valence-electron chi connectivity index (χ0n) is 18.1. The summed E-state index contributed by atoms with van der Waals surface area (Å²) in [6, 6.07) is 10.9. The number of furan rings is 1. The molecule has 0 aliphatic rings. The fourth-order valence-corrected chi connectivity index (χ4v) is 3.63. The molecule has 0 radical (unpaired) electrons. The number of carbonyl (C=O) groups excluding carboxylic acids is 2. The Morgan fingerprint density at radius 1 is 1.12 bits per heavy atom. The van der Waals surface area contributed by atoms with E-state index in [1.807, 2.05) is 30.3 Å². The van der Waals surface area contributed by atoms with E-state index in [0.29, 0.717) is 11.1 Å². The van der Waals surface area contributed by atoms with Crippen molar-refractivity contribution in [1.29, 1.82) is 0 Å². The van der Waals surface area contributed by atoms with Gasteiger partial charge in [0.05, 0.1) is 30.3 Å². The van der Waals surface area contributed by atoms with E-state index in [-0.39, 0.29) is 30.2 Å². The monoisotopic (exact) mass is 470 g/mol. The Morgan fingerprint density at radius 2 is 1.88 bits per heavy atom. The molecule has 10 heteroatoms. The molecule has 0 saturated heterocycles. The average Bonchev–Trinajstić information content (AvgIpc) is 3.45. The van der Waals surface area contributed by atoms with Gasteiger partial charge in [0.2, 0.25) is 11.8 Å². The first kappa shape index (κ1) is 23.1. The van der Waals surface area contributed by atoms with Gasteiger partial charge in [-0.3, -0.25) is 9.59 Å². The molecule has 2 N–H and O–H groups in total. The summed E-state index contributed by atoms with van der Waals surface area (Å²) in [5.74, 6) is -0.836. The second-order valence-corrected chi connectivity index (χ2v) is 7.78. The number of hydrogen-bond donors (Lipinski definition) is 2. The van der Waals surface area contributed by atoms with Crippen LogP contribution in [0.3, 0.4) is 0 Å². The SMILES string of the molecule is CC(=O)NC(Cc1ccccc1)C(=O)NCc1cn2cc(-c3ccoc3)cc(C(F)(F)F)c2n1. The molecule has 7 nitrogen and oxygen atoms in total. The van der Waals surface area contributed by atoms with E-state index >= 15 is 0 Å². The number of alkyl halides is 3. The Hall–Kier alpha value is -4.08. The van der Waals surface area contributed by atoms with E-state index < -0.39 is 23.7 Å². The van der Waals surface area contributed by atoms with Gasteiger partial charge in [-0.15, -0.1) is 0 Å². The first-order valence-corrected chi connectivity index (χ1v) is 10.4. The average molecular weight is 470 g/mol. The zero-order valence-corrected chi connectivity index (χ0v) is 18.1. The van der Waals surface area contributed by atoms with Crippen LogP contribution in [0, 0.1) is 0 Å². The van der Waals surface area contributed by atoms with Gasteiger partial charge in [-0.05, 0) is 17.7 Å². The summed E-state index contributed by atoms with van der Waals surface area (Å²) >= 11 is 0. The number of rotatable bonds is 7. The maximum absolute atomic E-state index is 13.7. The van der Waals surface area contributed by atoms with Gasteiger partial charge in [0.15, 0.2) is 0 Å². The van der Waals surface area contributed by atoms with Crippen molar-refractivity contribution in [2.75, 3.05) is 0 Å². The smallest absolute Gasteiger partial charge is 0.420 e. The largest absolute Gasteiger partial charge is 0.472 e. The summed E-state index contributed by atoms with van der Waals surface area (Å²) in [6.45, 7) is 1.20. The van der Waals surface area contributed by atoms with Crippen LogP contribution < -0.4 is 10.6 Å². The third kappa shape index (κ3) is 5.28. The van der Waals surface area contributed by atoms with Crippen molar-refractivity contribution in [2.45, 2.75) is 32.1 Å². The molecule has 4 aromatic rings. The maximum atomic E-state index is 13.7. The van der Waals surface area contributed by atoms with Crippen LogP contribution in [0.15, 0.2) is 71.8 Å². The Balaban J connectivity index is 1.56. The minimum atomic E-state index is -4.63. The predicted octanol–water partition coefficient (Wildman–Crippen LogP) is 3.98. The van der Waals surface area contributed by atoms with Gasteiger partial charge < -0.3 is 19.5 Å². The second kappa shape index (κ2) is 9.42. The number of nitrogens with zero attached hydrogens (tertiary/aromatic N) is 2. The minimum Gasteiger partial charge on any atom is -0.472 e. The van der Waals surface area contributed by atoms with Crippen molar-refractivity contribution in [3.8, 4) is 11.1 Å². The normalized spacial score (nSPS) is 12.5. The predicted molar refractivity (Wildman–Crippen MR) is 117 cm³/mol. The fourth-order valence-electron chi connectivity index (χ4n) is 3.63. The highest BCUT2D eigenvalue weighted by Crippen LogP contribution is 2.35. The van der Waals surface area contributed by atoms with Crippen molar-refractivity contribution in [1.82, 2.24) is 20.0 Å². The molecule has 0 bridgehead atoms. The molecule has 1 aromatic carbocycles. The van der Waals surface area contributed by atoms with Crippen molar-refractivity contribution >= 4 is 17.5 Å². The summed E-state index contributed by atoms with van der Waals surface area (Å²) in [6.07, 6.45) is 1.32. The molecular weight excluding hydrogens is 449 g/mol. The summed E-state index contributed by atoms with van der Waals surface area (Å²) in [5, 5.41) is 5.27. The van der Waals surface area contributed by atoms with Gasteiger partial charge in [0, 0.05) is 36.9 Å². The van der Waals surface area contributed by atoms with Gasteiger partial charge >= 0.3 is 6.18 Å². The number of amides is 2. The molecule has 2 amide bonds. The molecule has 0 fully saturated rings. The highest BCUT2D eigenvalue weighted by Gasteiger charge is 2.35. The number of imidazole rings is 1. The molecular formula is C24H21F3N4O3. The number of fused-ring (bicyclic) bond motifs is 1. The topological polar surface area (TPSA) is 88.6 Å². The van der Waals surface area contributed by atoms with Gasteiger partial charge in [-0.2, -0.15) is 13.2 Å². The summed E-state index contributed by atoms with van der Waals surface area (Å²) in [7, 11) is 0. The third-order valence-corrected chi connectivity index (χ3v) is 5.18. The molecule has 1 atom stereocenters. The molecule has 1 unspecified atom stereocenters. The lowest BCUT2D eigenvalue weighted by atomic mass is 10.1. The standard InChI is InChI=1S/C24H21F3N4O3/c1-15(32)29-21(9-16-5-3-2-4-6-16)23(33)28-11-19-13-31-12-18(17-7-8-34-14-17)10-20(22(31)30-19)24(25,26)27/h2-8,10,12-14,21H,9,11H2,1H3,(H,28,33)(H,29,32). The molecule has 3 aromatic heterocycles. The van der Waals surface area contributed by atoms with E-state index in [9.17, 15) is 22.8 Å². The zero-order chi connectivity index (χ0) is 24.3. The summed E-state index contributed by atoms with van der Waals surface area (Å²) < 4.78 is 47.4. The van der Waals surface area contributed by atoms with E-state index in [0.717, 1.165) is 11.6 Å². The van der Waals surface area contributed by atoms with Gasteiger partial charge in [0.25, 0.3) is 0 Å². The van der Waals surface area contributed by atoms with Gasteiger partial charge in [-0.25, -0.2) is 4.98 Å². The lowest BCUT2D eigenvalue weighted by molar-refractivity contribution is -0.136. The Morgan fingerprint density at radius 3 is 2.53 bits per heavy atom. The fraction of sp³-hybridized carbons (Fsp3) is 0.208. The van der Waals surface area contributed by atoms with Crippen LogP contribution in [0.4, 0.5) is 13.2 Å². The van der Waals surface area contributed by atoms with E-state index in [4.69, 9.17) is 4.42 Å².